The van der Waals surface area contributed by atoms with Gasteiger partial charge in [-0.15, -0.1) is 0 Å². The van der Waals surface area contributed by atoms with E-state index in [1.807, 2.05) is 24.3 Å². The molecule has 0 atom stereocenters. The monoisotopic (exact) mass is 365 g/mol. The third kappa shape index (κ3) is 3.70. The topological polar surface area (TPSA) is 68.8 Å². The lowest BCUT2D eigenvalue weighted by atomic mass is 10.1. The Labute approximate surface area is 158 Å². The van der Waals surface area contributed by atoms with Crippen molar-refractivity contribution >= 4 is 29.0 Å². The summed E-state index contributed by atoms with van der Waals surface area (Å²) in [6.45, 7) is 3.96. The molecule has 2 aliphatic heterocycles. The molecule has 1 aromatic heterocycles. The van der Waals surface area contributed by atoms with Crippen molar-refractivity contribution in [1.82, 2.24) is 14.8 Å². The highest BCUT2D eigenvalue weighted by atomic mass is 16.2. The molecule has 2 aromatic rings. The Bertz CT molecular complexity index is 809. The number of hydrogen-bond donors (Lipinski definition) is 1. The summed E-state index contributed by atoms with van der Waals surface area (Å²) in [7, 11) is 2.09. The number of hydrogen-bond acceptors (Lipinski definition) is 5. The summed E-state index contributed by atoms with van der Waals surface area (Å²) in [6, 6.07) is 11.1. The molecule has 7 nitrogen and oxygen atoms in total. The van der Waals surface area contributed by atoms with Gasteiger partial charge in [0.05, 0.1) is 24.3 Å². The third-order valence-corrected chi connectivity index (χ3v) is 5.06. The van der Waals surface area contributed by atoms with E-state index in [9.17, 15) is 9.59 Å². The second kappa shape index (κ2) is 7.46. The Balaban J connectivity index is 1.71. The fraction of sp³-hybridized carbons (Fsp3) is 0.350. The Morgan fingerprint density at radius 2 is 1.89 bits per heavy atom. The van der Waals surface area contributed by atoms with Crippen molar-refractivity contribution < 1.29 is 9.59 Å². The molecular formula is C20H23N5O2. The molecule has 1 aromatic carbocycles. The first kappa shape index (κ1) is 17.6. The highest BCUT2D eigenvalue weighted by Crippen LogP contribution is 2.34. The summed E-state index contributed by atoms with van der Waals surface area (Å²) >= 11 is 0. The number of carbonyl (C=O) groups is 2. The molecule has 1 saturated heterocycles. The SMILES string of the molecule is CN1CCN(CC(=O)N2c3ccccc3CC(=O)Nc3cccnc32)CC1. The van der Waals surface area contributed by atoms with Crippen LogP contribution in [0, 0.1) is 0 Å². The molecule has 0 radical (unpaired) electrons. The van der Waals surface area contributed by atoms with Crippen LogP contribution in [0.2, 0.25) is 0 Å². The highest BCUT2D eigenvalue weighted by Gasteiger charge is 2.29. The van der Waals surface area contributed by atoms with E-state index in [1.54, 1.807) is 23.2 Å². The molecule has 0 bridgehead atoms. The zero-order valence-corrected chi connectivity index (χ0v) is 15.4. The second-order valence-electron chi connectivity index (χ2n) is 7.04. The van der Waals surface area contributed by atoms with Crippen molar-refractivity contribution in [1.29, 1.82) is 0 Å². The molecule has 3 heterocycles. The molecule has 7 heteroatoms. The molecule has 4 rings (SSSR count). The minimum atomic E-state index is -0.108. The molecule has 0 aliphatic carbocycles. The number of carbonyl (C=O) groups excluding carboxylic acids is 2. The molecule has 2 amide bonds. The van der Waals surface area contributed by atoms with Crippen LogP contribution in [0.4, 0.5) is 17.2 Å². The van der Waals surface area contributed by atoms with Gasteiger partial charge < -0.3 is 10.2 Å². The van der Waals surface area contributed by atoms with Crippen molar-refractivity contribution in [2.45, 2.75) is 6.42 Å². The maximum atomic E-state index is 13.3. The van der Waals surface area contributed by atoms with Gasteiger partial charge in [-0.05, 0) is 30.8 Å². The van der Waals surface area contributed by atoms with Crippen LogP contribution < -0.4 is 10.2 Å². The number of rotatable bonds is 2. The van der Waals surface area contributed by atoms with Crippen LogP contribution in [0.1, 0.15) is 5.56 Å². The second-order valence-corrected chi connectivity index (χ2v) is 7.04. The van der Waals surface area contributed by atoms with E-state index in [1.165, 1.54) is 0 Å². The van der Waals surface area contributed by atoms with E-state index in [0.29, 0.717) is 18.1 Å². The molecule has 0 saturated carbocycles. The number of para-hydroxylation sites is 1. The average molecular weight is 365 g/mol. The summed E-state index contributed by atoms with van der Waals surface area (Å²) < 4.78 is 0. The van der Waals surface area contributed by atoms with Gasteiger partial charge in [0, 0.05) is 32.4 Å². The van der Waals surface area contributed by atoms with Gasteiger partial charge in [-0.3, -0.25) is 19.4 Å². The fourth-order valence-corrected chi connectivity index (χ4v) is 3.55. The van der Waals surface area contributed by atoms with Crippen LogP contribution in [0.5, 0.6) is 0 Å². The zero-order valence-electron chi connectivity index (χ0n) is 15.4. The number of pyridine rings is 1. The van der Waals surface area contributed by atoms with Crippen LogP contribution in [-0.4, -0.2) is 66.4 Å². The first-order valence-corrected chi connectivity index (χ1v) is 9.18. The van der Waals surface area contributed by atoms with E-state index in [4.69, 9.17) is 0 Å². The minimum absolute atomic E-state index is 0.0388. The summed E-state index contributed by atoms with van der Waals surface area (Å²) in [4.78, 5) is 36.2. The highest BCUT2D eigenvalue weighted by molar-refractivity contribution is 6.08. The first-order chi connectivity index (χ1) is 13.1. The molecule has 27 heavy (non-hydrogen) atoms. The van der Waals surface area contributed by atoms with Crippen molar-refractivity contribution in [3.8, 4) is 0 Å². The summed E-state index contributed by atoms with van der Waals surface area (Å²) in [5, 5.41) is 2.88. The van der Waals surface area contributed by atoms with Gasteiger partial charge in [-0.2, -0.15) is 0 Å². The molecular weight excluding hydrogens is 342 g/mol. The Kier molecular flexibility index (Phi) is 4.87. The van der Waals surface area contributed by atoms with Gasteiger partial charge in [0.2, 0.25) is 11.8 Å². The van der Waals surface area contributed by atoms with E-state index in [-0.39, 0.29) is 18.2 Å². The third-order valence-electron chi connectivity index (χ3n) is 5.06. The zero-order chi connectivity index (χ0) is 18.8. The maximum Gasteiger partial charge on any atom is 0.246 e. The van der Waals surface area contributed by atoms with Gasteiger partial charge in [-0.25, -0.2) is 4.98 Å². The Morgan fingerprint density at radius 1 is 1.11 bits per heavy atom. The molecule has 0 unspecified atom stereocenters. The Morgan fingerprint density at radius 3 is 2.70 bits per heavy atom. The number of fused-ring (bicyclic) bond motifs is 2. The first-order valence-electron chi connectivity index (χ1n) is 9.18. The summed E-state index contributed by atoms with van der Waals surface area (Å²) in [5.74, 6) is 0.322. The van der Waals surface area contributed by atoms with Crippen molar-refractivity contribution in [2.24, 2.45) is 0 Å². The van der Waals surface area contributed by atoms with Crippen LogP contribution in [0.25, 0.3) is 0 Å². The molecule has 1 N–H and O–H groups in total. The van der Waals surface area contributed by atoms with Gasteiger partial charge in [-0.1, -0.05) is 18.2 Å². The number of piperazine rings is 1. The summed E-state index contributed by atoms with van der Waals surface area (Å²) in [5.41, 5.74) is 2.10. The van der Waals surface area contributed by atoms with Gasteiger partial charge in [0.1, 0.15) is 0 Å². The molecule has 0 spiro atoms. The lowest BCUT2D eigenvalue weighted by Crippen LogP contribution is -2.48. The summed E-state index contributed by atoms with van der Waals surface area (Å²) in [6.07, 6.45) is 1.87. The normalized spacial score (nSPS) is 18.1. The predicted octanol–water partition coefficient (Wildman–Crippen LogP) is 1.49. The standard InChI is InChI=1S/C20H23N5O2/c1-23-9-11-24(12-10-23)14-19(27)25-17-7-3-2-5-15(17)13-18(26)22-16-6-4-8-21-20(16)25/h2-8H,9-14H2,1H3,(H,22,26). The van der Waals surface area contributed by atoms with Crippen LogP contribution in [-0.2, 0) is 16.0 Å². The molecule has 140 valence electrons. The van der Waals surface area contributed by atoms with E-state index >= 15 is 0 Å². The number of nitrogens with one attached hydrogen (secondary N) is 1. The predicted molar refractivity (Wildman–Crippen MR) is 104 cm³/mol. The van der Waals surface area contributed by atoms with Crippen LogP contribution in [0.15, 0.2) is 42.6 Å². The fourth-order valence-electron chi connectivity index (χ4n) is 3.55. The number of aromatic nitrogens is 1. The van der Waals surface area contributed by atoms with Gasteiger partial charge in [0.25, 0.3) is 0 Å². The maximum absolute atomic E-state index is 13.3. The lowest BCUT2D eigenvalue weighted by Gasteiger charge is -2.34. The molecule has 2 aliphatic rings. The average Bonchev–Trinajstić information content (AvgIpc) is 2.65. The van der Waals surface area contributed by atoms with Gasteiger partial charge >= 0.3 is 0 Å². The van der Waals surface area contributed by atoms with Gasteiger partial charge in [0.15, 0.2) is 5.82 Å². The van der Waals surface area contributed by atoms with Crippen molar-refractivity contribution in [3.63, 3.8) is 0 Å². The van der Waals surface area contributed by atoms with E-state index in [0.717, 1.165) is 37.4 Å². The number of benzene rings is 1. The van der Waals surface area contributed by atoms with E-state index in [2.05, 4.69) is 27.1 Å². The lowest BCUT2D eigenvalue weighted by molar-refractivity contribution is -0.119. The number of anilines is 3. The number of nitrogens with zero attached hydrogens (tertiary/aromatic N) is 4. The quantitative estimate of drug-likeness (QED) is 0.873. The van der Waals surface area contributed by atoms with Crippen molar-refractivity contribution in [2.75, 3.05) is 50.0 Å². The molecule has 1 fully saturated rings. The smallest absolute Gasteiger partial charge is 0.246 e. The van der Waals surface area contributed by atoms with Crippen molar-refractivity contribution in [3.05, 3.63) is 48.2 Å². The van der Waals surface area contributed by atoms with Crippen LogP contribution >= 0.6 is 0 Å². The largest absolute Gasteiger partial charge is 0.323 e. The van der Waals surface area contributed by atoms with Crippen LogP contribution in [0.3, 0.4) is 0 Å². The minimum Gasteiger partial charge on any atom is -0.323 e. The number of likely N-dealkylation sites (N-methyl/N-ethyl adjacent to an activating group) is 1. The number of amides is 2. The Hall–Kier alpha value is -2.77. The van der Waals surface area contributed by atoms with E-state index < -0.39 is 0 Å².